The Morgan fingerprint density at radius 2 is 1.88 bits per heavy atom. The van der Waals surface area contributed by atoms with Crippen LogP contribution in [0.2, 0.25) is 5.02 Å². The predicted octanol–water partition coefficient (Wildman–Crippen LogP) is 7.03. The van der Waals surface area contributed by atoms with Crippen molar-refractivity contribution in [2.24, 2.45) is 5.10 Å². The van der Waals surface area contributed by atoms with E-state index in [0.717, 1.165) is 28.5 Å². The van der Waals surface area contributed by atoms with Crippen LogP contribution in [0.15, 0.2) is 88.6 Å². The summed E-state index contributed by atoms with van der Waals surface area (Å²) in [5.41, 5.74) is 7.02. The highest BCUT2D eigenvalue weighted by Gasteiger charge is 2.22. The Morgan fingerprint density at radius 3 is 2.62 bits per heavy atom. The van der Waals surface area contributed by atoms with E-state index in [-0.39, 0.29) is 11.5 Å². The fourth-order valence-electron chi connectivity index (χ4n) is 4.41. The number of halogens is 1. The fourth-order valence-corrected chi connectivity index (χ4v) is 4.64. The van der Waals surface area contributed by atoms with Gasteiger partial charge in [-0.1, -0.05) is 54.9 Å². The first-order chi connectivity index (χ1) is 19.5. The van der Waals surface area contributed by atoms with Gasteiger partial charge >= 0.3 is 5.97 Å². The molecule has 5 rings (SSSR count). The average Bonchev–Trinajstić information content (AvgIpc) is 3.63. The molecular weight excluding hydrogens is 530 g/mol. The molecule has 2 heterocycles. The summed E-state index contributed by atoms with van der Waals surface area (Å²) in [7, 11) is 0. The van der Waals surface area contributed by atoms with E-state index >= 15 is 0 Å². The number of nitrogens with one attached hydrogen (secondary N) is 2. The lowest BCUT2D eigenvalue weighted by Gasteiger charge is -2.10. The molecular formula is C31H26ClN3O5. The number of aryl methyl sites for hydroxylation is 1. The number of esters is 1. The van der Waals surface area contributed by atoms with Crippen molar-refractivity contribution in [2.45, 2.75) is 20.3 Å². The summed E-state index contributed by atoms with van der Waals surface area (Å²) in [6.45, 7) is 4.24. The second-order valence-corrected chi connectivity index (χ2v) is 9.16. The van der Waals surface area contributed by atoms with Gasteiger partial charge in [-0.25, -0.2) is 10.2 Å². The van der Waals surface area contributed by atoms with E-state index < -0.39 is 11.9 Å². The van der Waals surface area contributed by atoms with Crippen LogP contribution >= 0.6 is 11.6 Å². The zero-order valence-corrected chi connectivity index (χ0v) is 22.6. The lowest BCUT2D eigenvalue weighted by molar-refractivity contribution is 0.0695. The van der Waals surface area contributed by atoms with Gasteiger partial charge in [-0.2, -0.15) is 5.10 Å². The van der Waals surface area contributed by atoms with Crippen molar-refractivity contribution in [3.63, 3.8) is 0 Å². The minimum Gasteiger partial charge on any atom is -0.490 e. The molecule has 2 N–H and O–H groups in total. The van der Waals surface area contributed by atoms with Gasteiger partial charge in [-0.15, -0.1) is 0 Å². The van der Waals surface area contributed by atoms with E-state index in [4.69, 9.17) is 25.5 Å². The highest BCUT2D eigenvalue weighted by molar-refractivity contribution is 6.34. The monoisotopic (exact) mass is 555 g/mol. The van der Waals surface area contributed by atoms with Crippen molar-refractivity contribution in [1.82, 2.24) is 10.4 Å². The molecule has 0 aliphatic rings. The highest BCUT2D eigenvalue weighted by Crippen LogP contribution is 2.37. The predicted molar refractivity (Wildman–Crippen MR) is 154 cm³/mol. The lowest BCUT2D eigenvalue weighted by Crippen LogP contribution is -2.19. The fraction of sp³-hybridized carbons (Fsp3) is 0.129. The third-order valence-corrected chi connectivity index (χ3v) is 6.57. The van der Waals surface area contributed by atoms with Crippen LogP contribution in [0.25, 0.3) is 22.0 Å². The number of aromatic nitrogens is 1. The molecule has 0 spiro atoms. The molecule has 0 aliphatic carbocycles. The Morgan fingerprint density at radius 1 is 1.02 bits per heavy atom. The van der Waals surface area contributed by atoms with Gasteiger partial charge in [0.05, 0.1) is 19.1 Å². The number of amides is 1. The SMILES string of the molecule is CCOc1cc(C=NNC(=O)c2[nH]c3c(CC)cccc3c2-c2ccccc2Cl)ccc1OC(=O)c1ccco1. The second kappa shape index (κ2) is 11.9. The third-order valence-electron chi connectivity index (χ3n) is 6.24. The molecule has 0 saturated carbocycles. The van der Waals surface area contributed by atoms with Gasteiger partial charge in [0.25, 0.3) is 5.91 Å². The molecule has 0 aliphatic heterocycles. The number of H-pyrrole nitrogens is 1. The molecule has 0 fully saturated rings. The largest absolute Gasteiger partial charge is 0.490 e. The van der Waals surface area contributed by atoms with Crippen molar-refractivity contribution in [2.75, 3.05) is 6.61 Å². The Labute approximate surface area is 235 Å². The third kappa shape index (κ3) is 5.48. The van der Waals surface area contributed by atoms with Crippen LogP contribution in [0.3, 0.4) is 0 Å². The van der Waals surface area contributed by atoms with E-state index in [1.165, 1.54) is 18.5 Å². The zero-order valence-electron chi connectivity index (χ0n) is 21.9. The molecule has 0 unspecified atom stereocenters. The van der Waals surface area contributed by atoms with Gasteiger partial charge in [0.15, 0.2) is 11.5 Å². The number of furan rings is 1. The summed E-state index contributed by atoms with van der Waals surface area (Å²) in [5.74, 6) is -0.396. The summed E-state index contributed by atoms with van der Waals surface area (Å²) >= 11 is 6.54. The van der Waals surface area contributed by atoms with E-state index in [9.17, 15) is 9.59 Å². The first kappa shape index (κ1) is 26.8. The lowest BCUT2D eigenvalue weighted by atomic mass is 9.99. The second-order valence-electron chi connectivity index (χ2n) is 8.75. The summed E-state index contributed by atoms with van der Waals surface area (Å²) in [6.07, 6.45) is 3.67. The topological polar surface area (TPSA) is 106 Å². The first-order valence-corrected chi connectivity index (χ1v) is 13.1. The number of hydrazone groups is 1. The molecule has 1 amide bonds. The summed E-state index contributed by atoms with van der Waals surface area (Å²) < 4.78 is 16.2. The quantitative estimate of drug-likeness (QED) is 0.0879. The number of rotatable bonds is 9. The van der Waals surface area contributed by atoms with E-state index in [1.54, 1.807) is 30.3 Å². The van der Waals surface area contributed by atoms with E-state index in [2.05, 4.69) is 22.4 Å². The summed E-state index contributed by atoms with van der Waals surface area (Å²) in [5, 5.41) is 5.61. The number of fused-ring (bicyclic) bond motifs is 1. The van der Waals surface area contributed by atoms with Gasteiger partial charge in [0, 0.05) is 27.1 Å². The van der Waals surface area contributed by atoms with E-state index in [0.29, 0.717) is 34.2 Å². The number of para-hydroxylation sites is 1. The molecule has 2 aromatic heterocycles. The molecule has 8 nitrogen and oxygen atoms in total. The molecule has 3 aromatic carbocycles. The Kier molecular flexibility index (Phi) is 7.98. The van der Waals surface area contributed by atoms with Crippen LogP contribution in [0.5, 0.6) is 11.5 Å². The van der Waals surface area contributed by atoms with Gasteiger partial charge < -0.3 is 18.9 Å². The van der Waals surface area contributed by atoms with Crippen LogP contribution in [0.1, 0.15) is 46.0 Å². The summed E-state index contributed by atoms with van der Waals surface area (Å²) in [6, 6.07) is 21.4. The minimum absolute atomic E-state index is 0.0787. The molecule has 0 atom stereocenters. The van der Waals surface area contributed by atoms with Crippen molar-refractivity contribution < 1.29 is 23.5 Å². The maximum absolute atomic E-state index is 13.4. The Bertz CT molecular complexity index is 1710. The average molecular weight is 556 g/mol. The van der Waals surface area contributed by atoms with Crippen LogP contribution < -0.4 is 14.9 Å². The standard InChI is InChI=1S/C31H26ClN3O5/c1-3-20-9-7-11-22-27(21-10-5-6-12-23(21)32)29(34-28(20)22)30(36)35-33-18-19-14-15-24(26(17-19)38-4-2)40-31(37)25-13-8-16-39-25/h5-18,34H,3-4H2,1-2H3,(H,35,36). The first-order valence-electron chi connectivity index (χ1n) is 12.7. The number of aromatic amines is 1. The number of hydrogen-bond acceptors (Lipinski definition) is 6. The van der Waals surface area contributed by atoms with Crippen LogP contribution in [-0.4, -0.2) is 29.7 Å². The van der Waals surface area contributed by atoms with Crippen molar-refractivity contribution in [3.8, 4) is 22.6 Å². The zero-order chi connectivity index (χ0) is 28.1. The number of carbonyl (C=O) groups excluding carboxylic acids is 2. The maximum atomic E-state index is 13.4. The highest BCUT2D eigenvalue weighted by atomic mass is 35.5. The van der Waals surface area contributed by atoms with Gasteiger partial charge in [0.1, 0.15) is 5.69 Å². The van der Waals surface area contributed by atoms with Crippen molar-refractivity contribution in [1.29, 1.82) is 0 Å². The summed E-state index contributed by atoms with van der Waals surface area (Å²) in [4.78, 5) is 29.0. The van der Waals surface area contributed by atoms with Gasteiger partial charge in [-0.05, 0) is 60.9 Å². The van der Waals surface area contributed by atoms with Crippen LogP contribution in [-0.2, 0) is 6.42 Å². The minimum atomic E-state index is -0.640. The smallest absolute Gasteiger partial charge is 0.379 e. The molecule has 40 heavy (non-hydrogen) atoms. The number of nitrogens with zero attached hydrogens (tertiary/aromatic N) is 1. The number of hydrogen-bond donors (Lipinski definition) is 2. The molecule has 0 bridgehead atoms. The van der Waals surface area contributed by atoms with Crippen molar-refractivity contribution in [3.05, 3.63) is 107 Å². The van der Waals surface area contributed by atoms with Crippen LogP contribution in [0.4, 0.5) is 0 Å². The molecule has 0 saturated heterocycles. The Hall–Kier alpha value is -4.82. The molecule has 5 aromatic rings. The number of ether oxygens (including phenoxy) is 2. The number of benzene rings is 3. The number of carbonyl (C=O) groups is 2. The Balaban J connectivity index is 1.41. The van der Waals surface area contributed by atoms with Crippen molar-refractivity contribution >= 4 is 40.6 Å². The molecule has 9 heteroatoms. The molecule has 0 radical (unpaired) electrons. The molecule has 202 valence electrons. The van der Waals surface area contributed by atoms with Gasteiger partial charge in [0.2, 0.25) is 5.76 Å². The van der Waals surface area contributed by atoms with Gasteiger partial charge in [-0.3, -0.25) is 4.79 Å². The normalized spacial score (nSPS) is 11.2. The van der Waals surface area contributed by atoms with E-state index in [1.807, 2.05) is 43.3 Å². The maximum Gasteiger partial charge on any atom is 0.379 e. The van der Waals surface area contributed by atoms with Crippen LogP contribution in [0, 0.1) is 0 Å².